The van der Waals surface area contributed by atoms with Gasteiger partial charge in [-0.05, 0) is 18.9 Å². The van der Waals surface area contributed by atoms with Gasteiger partial charge in [-0.25, -0.2) is 4.98 Å². The summed E-state index contributed by atoms with van der Waals surface area (Å²) in [4.78, 5) is 16.3. The second-order valence-corrected chi connectivity index (χ2v) is 5.37. The van der Waals surface area contributed by atoms with Crippen LogP contribution in [-0.2, 0) is 0 Å². The molecule has 0 atom stereocenters. The Morgan fingerprint density at radius 2 is 2.00 bits per heavy atom. The molecule has 0 unspecified atom stereocenters. The van der Waals surface area contributed by atoms with Gasteiger partial charge in [0.2, 0.25) is 0 Å². The van der Waals surface area contributed by atoms with Gasteiger partial charge >= 0.3 is 0 Å². The second-order valence-electron chi connectivity index (χ2n) is 4.96. The van der Waals surface area contributed by atoms with E-state index in [9.17, 15) is 4.79 Å². The van der Waals surface area contributed by atoms with Crippen LogP contribution >= 0.6 is 11.6 Å². The van der Waals surface area contributed by atoms with Gasteiger partial charge in [0.05, 0.1) is 10.6 Å². The lowest BCUT2D eigenvalue weighted by atomic mass is 10.1. The van der Waals surface area contributed by atoms with E-state index in [1.165, 1.54) is 31.9 Å². The van der Waals surface area contributed by atoms with Crippen molar-refractivity contribution in [2.45, 2.75) is 44.6 Å². The fraction of sp³-hybridized carbons (Fsp3) is 0.571. The summed E-state index contributed by atoms with van der Waals surface area (Å²) in [5, 5.41) is 6.40. The monoisotopic (exact) mass is 281 g/mol. The number of rotatable bonds is 3. The van der Waals surface area contributed by atoms with Crippen molar-refractivity contribution in [2.24, 2.45) is 0 Å². The van der Waals surface area contributed by atoms with Gasteiger partial charge in [0, 0.05) is 19.3 Å². The van der Waals surface area contributed by atoms with Crippen molar-refractivity contribution in [1.82, 2.24) is 10.3 Å². The highest BCUT2D eigenvalue weighted by molar-refractivity contribution is 6.33. The highest BCUT2D eigenvalue weighted by Crippen LogP contribution is 2.20. The number of carbonyl (C=O) groups excluding carboxylic acids is 1. The molecule has 1 aromatic heterocycles. The first-order valence-electron chi connectivity index (χ1n) is 6.85. The first kappa shape index (κ1) is 14.1. The second kappa shape index (κ2) is 6.75. The molecule has 4 nitrogen and oxygen atoms in total. The van der Waals surface area contributed by atoms with E-state index in [1.54, 1.807) is 13.1 Å². The first-order valence-corrected chi connectivity index (χ1v) is 7.22. The van der Waals surface area contributed by atoms with Gasteiger partial charge in [-0.2, -0.15) is 0 Å². The lowest BCUT2D eigenvalue weighted by Crippen LogP contribution is -2.34. The van der Waals surface area contributed by atoms with Crippen LogP contribution in [0.25, 0.3) is 0 Å². The van der Waals surface area contributed by atoms with E-state index in [0.29, 0.717) is 16.4 Å². The number of aromatic nitrogens is 1. The molecule has 5 heteroatoms. The summed E-state index contributed by atoms with van der Waals surface area (Å²) in [5.74, 6) is 0.547. The number of nitrogens with one attached hydrogen (secondary N) is 2. The molecular formula is C14H20ClN3O. The number of anilines is 1. The number of nitrogens with zero attached hydrogens (tertiary/aromatic N) is 1. The van der Waals surface area contributed by atoms with Crippen LogP contribution in [-0.4, -0.2) is 24.0 Å². The number of pyridine rings is 1. The van der Waals surface area contributed by atoms with Crippen molar-refractivity contribution in [3.63, 3.8) is 0 Å². The molecule has 1 amide bonds. The van der Waals surface area contributed by atoms with Crippen molar-refractivity contribution in [3.05, 3.63) is 22.8 Å². The first-order chi connectivity index (χ1) is 9.20. The number of halogens is 1. The molecule has 1 saturated carbocycles. The molecule has 1 aliphatic carbocycles. The summed E-state index contributed by atoms with van der Waals surface area (Å²) < 4.78 is 0. The summed E-state index contributed by atoms with van der Waals surface area (Å²) in [7, 11) is 1.77. The van der Waals surface area contributed by atoms with Crippen molar-refractivity contribution in [3.8, 4) is 0 Å². The van der Waals surface area contributed by atoms with E-state index >= 15 is 0 Å². The minimum atomic E-state index is -0.101. The number of carbonyl (C=O) groups is 1. The number of hydrogen-bond donors (Lipinski definition) is 2. The van der Waals surface area contributed by atoms with Gasteiger partial charge < -0.3 is 10.6 Å². The zero-order chi connectivity index (χ0) is 13.7. The molecule has 1 aliphatic rings. The Bertz CT molecular complexity index is 442. The van der Waals surface area contributed by atoms with Crippen LogP contribution in [0.3, 0.4) is 0 Å². The standard InChI is InChI=1S/C14H20ClN3O/c1-16-13-8-11(12(15)9-17-13)14(19)18-10-6-4-2-3-5-7-10/h8-10H,2-7H2,1H3,(H,16,17)(H,18,19). The van der Waals surface area contributed by atoms with Crippen LogP contribution in [0.5, 0.6) is 0 Å². The lowest BCUT2D eigenvalue weighted by molar-refractivity contribution is 0.0933. The number of amides is 1. The van der Waals surface area contributed by atoms with Crippen molar-refractivity contribution in [1.29, 1.82) is 0 Å². The fourth-order valence-corrected chi connectivity index (χ4v) is 2.63. The topological polar surface area (TPSA) is 54.0 Å². The van der Waals surface area contributed by atoms with Crippen LogP contribution in [0.2, 0.25) is 5.02 Å². The molecule has 0 aliphatic heterocycles. The van der Waals surface area contributed by atoms with Gasteiger partial charge in [0.1, 0.15) is 5.82 Å². The highest BCUT2D eigenvalue weighted by atomic mass is 35.5. The summed E-state index contributed by atoms with van der Waals surface area (Å²) in [6.07, 6.45) is 8.56. The predicted molar refractivity (Wildman–Crippen MR) is 77.7 cm³/mol. The van der Waals surface area contributed by atoms with Gasteiger partial charge in [-0.15, -0.1) is 0 Å². The molecule has 1 aromatic rings. The largest absolute Gasteiger partial charge is 0.373 e. The maximum Gasteiger partial charge on any atom is 0.253 e. The summed E-state index contributed by atoms with van der Waals surface area (Å²) >= 11 is 6.05. The third kappa shape index (κ3) is 3.83. The van der Waals surface area contributed by atoms with Gasteiger partial charge in [-0.1, -0.05) is 37.3 Å². The minimum absolute atomic E-state index is 0.101. The van der Waals surface area contributed by atoms with E-state index in [-0.39, 0.29) is 11.9 Å². The average molecular weight is 282 g/mol. The van der Waals surface area contributed by atoms with Crippen LogP contribution in [0.15, 0.2) is 12.3 Å². The SMILES string of the molecule is CNc1cc(C(=O)NC2CCCCCC2)c(Cl)cn1. The molecule has 0 bridgehead atoms. The van der Waals surface area contributed by atoms with Gasteiger partial charge in [0.15, 0.2) is 0 Å². The Morgan fingerprint density at radius 3 is 2.63 bits per heavy atom. The predicted octanol–water partition coefficient (Wildman–Crippen LogP) is 3.23. The Hall–Kier alpha value is -1.29. The molecule has 104 valence electrons. The summed E-state index contributed by atoms with van der Waals surface area (Å²) in [5.41, 5.74) is 0.491. The van der Waals surface area contributed by atoms with Crippen LogP contribution in [0, 0.1) is 0 Å². The molecule has 0 radical (unpaired) electrons. The smallest absolute Gasteiger partial charge is 0.253 e. The van der Waals surface area contributed by atoms with Gasteiger partial charge in [0.25, 0.3) is 5.91 Å². The molecule has 1 heterocycles. The molecule has 0 spiro atoms. The lowest BCUT2D eigenvalue weighted by Gasteiger charge is -2.17. The Balaban J connectivity index is 2.06. The fourth-order valence-electron chi connectivity index (χ4n) is 2.44. The van der Waals surface area contributed by atoms with E-state index < -0.39 is 0 Å². The normalized spacial score (nSPS) is 16.7. The van der Waals surface area contributed by atoms with Crippen LogP contribution in [0.4, 0.5) is 5.82 Å². The molecule has 2 rings (SSSR count). The third-order valence-electron chi connectivity index (χ3n) is 3.55. The Kier molecular flexibility index (Phi) is 5.02. The summed E-state index contributed by atoms with van der Waals surface area (Å²) in [6, 6.07) is 1.96. The average Bonchev–Trinajstić information content (AvgIpc) is 2.68. The summed E-state index contributed by atoms with van der Waals surface area (Å²) in [6.45, 7) is 0. The van der Waals surface area contributed by atoms with E-state index in [0.717, 1.165) is 12.8 Å². The Morgan fingerprint density at radius 1 is 1.32 bits per heavy atom. The van der Waals surface area contributed by atoms with Crippen molar-refractivity contribution >= 4 is 23.3 Å². The van der Waals surface area contributed by atoms with Gasteiger partial charge in [-0.3, -0.25) is 4.79 Å². The maximum absolute atomic E-state index is 12.3. The third-order valence-corrected chi connectivity index (χ3v) is 3.85. The van der Waals surface area contributed by atoms with Crippen LogP contribution in [0.1, 0.15) is 48.9 Å². The molecule has 0 aromatic carbocycles. The highest BCUT2D eigenvalue weighted by Gasteiger charge is 2.18. The molecule has 0 saturated heterocycles. The zero-order valence-corrected chi connectivity index (χ0v) is 12.0. The minimum Gasteiger partial charge on any atom is -0.373 e. The molecular weight excluding hydrogens is 262 g/mol. The Labute approximate surface area is 118 Å². The van der Waals surface area contributed by atoms with Crippen LogP contribution < -0.4 is 10.6 Å². The number of hydrogen-bond acceptors (Lipinski definition) is 3. The van der Waals surface area contributed by atoms with Crippen molar-refractivity contribution < 1.29 is 4.79 Å². The maximum atomic E-state index is 12.3. The van der Waals surface area contributed by atoms with E-state index in [4.69, 9.17) is 11.6 Å². The van der Waals surface area contributed by atoms with E-state index in [2.05, 4.69) is 15.6 Å². The molecule has 1 fully saturated rings. The molecule has 19 heavy (non-hydrogen) atoms. The molecule has 2 N–H and O–H groups in total. The zero-order valence-electron chi connectivity index (χ0n) is 11.2. The van der Waals surface area contributed by atoms with Crippen molar-refractivity contribution in [2.75, 3.05) is 12.4 Å². The van der Waals surface area contributed by atoms with E-state index in [1.807, 2.05) is 0 Å². The quantitative estimate of drug-likeness (QED) is 0.837.